The van der Waals surface area contributed by atoms with Crippen LogP contribution in [0.4, 0.5) is 0 Å². The van der Waals surface area contributed by atoms with Crippen LogP contribution in [-0.4, -0.2) is 43.0 Å². The van der Waals surface area contributed by atoms with Gasteiger partial charge in [0.25, 0.3) is 0 Å². The molecule has 0 rings (SSSR count). The predicted octanol–water partition coefficient (Wildman–Crippen LogP) is 1.98. The Kier molecular flexibility index (Phi) is 9.05. The molecule has 0 unspecified atom stereocenters. The van der Waals surface area contributed by atoms with E-state index in [1.165, 1.54) is 11.8 Å². The van der Waals surface area contributed by atoms with Crippen molar-refractivity contribution in [3.8, 4) is 0 Å². The monoisotopic (exact) mass is 304 g/mol. The standard InChI is InChI=1S/C8H18NOS.HI/c1-5-8(10)11-7-6-9(2,3)4;/h5-7H2,1-4H3;1H/q+1;. The van der Waals surface area contributed by atoms with Crippen LogP contribution in [0.15, 0.2) is 0 Å². The Morgan fingerprint density at radius 1 is 1.33 bits per heavy atom. The second kappa shape index (κ2) is 7.15. The minimum atomic E-state index is 0. The van der Waals surface area contributed by atoms with Crippen LogP contribution >= 0.6 is 35.7 Å². The number of nitrogens with zero attached hydrogens (tertiary/aromatic N) is 1. The molecule has 0 heterocycles. The van der Waals surface area contributed by atoms with Gasteiger partial charge in [0.2, 0.25) is 0 Å². The van der Waals surface area contributed by atoms with E-state index in [4.69, 9.17) is 0 Å². The number of carbonyl (C=O) groups excluding carboxylic acids is 1. The maximum atomic E-state index is 10.9. The molecule has 0 radical (unpaired) electrons. The number of halogens is 1. The van der Waals surface area contributed by atoms with E-state index in [1.807, 2.05) is 6.92 Å². The highest BCUT2D eigenvalue weighted by molar-refractivity contribution is 14.0. The van der Waals surface area contributed by atoms with Crippen molar-refractivity contribution in [1.29, 1.82) is 0 Å². The first-order chi connectivity index (χ1) is 4.95. The summed E-state index contributed by atoms with van der Waals surface area (Å²) >= 11 is 1.45. The molecule has 12 heavy (non-hydrogen) atoms. The quantitative estimate of drug-likeness (QED) is 0.583. The highest BCUT2D eigenvalue weighted by Gasteiger charge is 2.07. The van der Waals surface area contributed by atoms with Crippen molar-refractivity contribution in [3.05, 3.63) is 0 Å². The number of hydrogen-bond donors (Lipinski definition) is 0. The number of thioether (sulfide) groups is 1. The number of rotatable bonds is 4. The van der Waals surface area contributed by atoms with Gasteiger partial charge in [-0.05, 0) is 0 Å². The van der Waals surface area contributed by atoms with Crippen LogP contribution in [0.25, 0.3) is 0 Å². The van der Waals surface area contributed by atoms with E-state index in [0.29, 0.717) is 11.5 Å². The molecular weight excluding hydrogens is 285 g/mol. The van der Waals surface area contributed by atoms with Gasteiger partial charge < -0.3 is 4.48 Å². The molecular formula is C8H19INOS+. The molecule has 0 aromatic rings. The van der Waals surface area contributed by atoms with Gasteiger partial charge in [-0.15, -0.1) is 24.0 Å². The van der Waals surface area contributed by atoms with Crippen molar-refractivity contribution in [2.45, 2.75) is 13.3 Å². The summed E-state index contributed by atoms with van der Waals surface area (Å²) < 4.78 is 0.935. The summed E-state index contributed by atoms with van der Waals surface area (Å²) in [5, 5.41) is 0.304. The first-order valence-corrected chi connectivity index (χ1v) is 4.90. The fraction of sp³-hybridized carbons (Fsp3) is 0.875. The predicted molar refractivity (Wildman–Crippen MR) is 66.1 cm³/mol. The Bertz CT molecular complexity index is 134. The lowest BCUT2D eigenvalue weighted by atomic mass is 10.6. The Hall–Kier alpha value is 0.710. The molecule has 0 aliphatic carbocycles. The van der Waals surface area contributed by atoms with Crippen LogP contribution in [0.1, 0.15) is 13.3 Å². The van der Waals surface area contributed by atoms with Crippen LogP contribution in [-0.2, 0) is 4.79 Å². The van der Waals surface area contributed by atoms with E-state index in [9.17, 15) is 4.79 Å². The van der Waals surface area contributed by atoms with Gasteiger partial charge >= 0.3 is 0 Å². The maximum Gasteiger partial charge on any atom is 0.188 e. The van der Waals surface area contributed by atoms with Gasteiger partial charge in [0.05, 0.1) is 33.4 Å². The zero-order chi connectivity index (χ0) is 8.91. The minimum absolute atomic E-state index is 0. The molecule has 0 aliphatic heterocycles. The third-order valence-electron chi connectivity index (χ3n) is 1.31. The Labute approximate surface area is 96.7 Å². The Morgan fingerprint density at radius 2 is 1.83 bits per heavy atom. The normalized spacial score (nSPS) is 10.7. The van der Waals surface area contributed by atoms with E-state index in [1.54, 1.807) is 0 Å². The summed E-state index contributed by atoms with van der Waals surface area (Å²) in [6.45, 7) is 2.96. The van der Waals surface area contributed by atoms with Crippen molar-refractivity contribution >= 4 is 40.9 Å². The summed E-state index contributed by atoms with van der Waals surface area (Å²) in [7, 11) is 6.41. The highest BCUT2D eigenvalue weighted by atomic mass is 127. The van der Waals surface area contributed by atoms with Crippen LogP contribution in [0.2, 0.25) is 0 Å². The molecule has 0 aliphatic rings. The maximum absolute atomic E-state index is 10.9. The second-order valence-corrected chi connectivity index (χ2v) is 4.74. The highest BCUT2D eigenvalue weighted by Crippen LogP contribution is 2.05. The average Bonchev–Trinajstić information content (AvgIpc) is 1.85. The summed E-state index contributed by atoms with van der Waals surface area (Å²) in [6, 6.07) is 0. The zero-order valence-electron chi connectivity index (χ0n) is 8.29. The molecule has 0 atom stereocenters. The lowest BCUT2D eigenvalue weighted by Gasteiger charge is -2.23. The van der Waals surface area contributed by atoms with Crippen molar-refractivity contribution in [3.63, 3.8) is 0 Å². The lowest BCUT2D eigenvalue weighted by Crippen LogP contribution is -2.36. The van der Waals surface area contributed by atoms with Gasteiger partial charge in [-0.1, -0.05) is 18.7 Å². The van der Waals surface area contributed by atoms with Gasteiger partial charge in [-0.2, -0.15) is 0 Å². The fourth-order valence-electron chi connectivity index (χ4n) is 0.535. The number of hydrogen-bond acceptors (Lipinski definition) is 2. The molecule has 0 amide bonds. The molecule has 2 nitrogen and oxygen atoms in total. The molecule has 4 heteroatoms. The van der Waals surface area contributed by atoms with Crippen molar-refractivity contribution in [1.82, 2.24) is 0 Å². The van der Waals surface area contributed by atoms with E-state index in [-0.39, 0.29) is 24.0 Å². The molecule has 0 aromatic carbocycles. The summed E-state index contributed by atoms with van der Waals surface area (Å²) in [4.78, 5) is 10.9. The van der Waals surface area contributed by atoms with Crippen molar-refractivity contribution in [2.24, 2.45) is 0 Å². The average molecular weight is 304 g/mol. The number of carbonyl (C=O) groups is 1. The molecule has 0 aromatic heterocycles. The largest absolute Gasteiger partial charge is 0.330 e. The van der Waals surface area contributed by atoms with E-state index in [0.717, 1.165) is 16.8 Å². The first kappa shape index (κ1) is 15.2. The Morgan fingerprint density at radius 3 is 2.17 bits per heavy atom. The summed E-state index contributed by atoms with van der Waals surface area (Å²) in [6.07, 6.45) is 0.655. The second-order valence-electron chi connectivity index (χ2n) is 3.59. The number of quaternary nitrogens is 1. The molecule has 74 valence electrons. The summed E-state index contributed by atoms with van der Waals surface area (Å²) in [5.41, 5.74) is 0. The third-order valence-corrected chi connectivity index (χ3v) is 2.31. The molecule has 0 bridgehead atoms. The molecule has 0 fully saturated rings. The van der Waals surface area contributed by atoms with Gasteiger partial charge in [0.1, 0.15) is 0 Å². The SMILES string of the molecule is CCC(=O)SCC[N+](C)(C)C.I. The minimum Gasteiger partial charge on any atom is -0.330 e. The van der Waals surface area contributed by atoms with E-state index in [2.05, 4.69) is 21.1 Å². The molecule has 0 saturated carbocycles. The van der Waals surface area contributed by atoms with E-state index >= 15 is 0 Å². The van der Waals surface area contributed by atoms with Gasteiger partial charge in [-0.3, -0.25) is 4.79 Å². The third kappa shape index (κ3) is 10.7. The van der Waals surface area contributed by atoms with Crippen LogP contribution < -0.4 is 0 Å². The molecule has 0 saturated heterocycles. The molecule has 0 spiro atoms. The fourth-order valence-corrected chi connectivity index (χ4v) is 1.61. The van der Waals surface area contributed by atoms with Crippen LogP contribution in [0.3, 0.4) is 0 Å². The lowest BCUT2D eigenvalue weighted by molar-refractivity contribution is -0.867. The smallest absolute Gasteiger partial charge is 0.188 e. The first-order valence-electron chi connectivity index (χ1n) is 3.92. The van der Waals surface area contributed by atoms with Gasteiger partial charge in [0.15, 0.2) is 5.12 Å². The Balaban J connectivity index is 0. The summed E-state index contributed by atoms with van der Waals surface area (Å²) in [5.74, 6) is 0.941. The van der Waals surface area contributed by atoms with Crippen LogP contribution in [0.5, 0.6) is 0 Å². The topological polar surface area (TPSA) is 17.1 Å². The van der Waals surface area contributed by atoms with Gasteiger partial charge in [-0.25, -0.2) is 0 Å². The zero-order valence-corrected chi connectivity index (χ0v) is 11.4. The molecule has 0 N–H and O–H groups in total. The van der Waals surface area contributed by atoms with Crippen LogP contribution in [0, 0.1) is 0 Å². The van der Waals surface area contributed by atoms with Gasteiger partial charge in [0, 0.05) is 6.42 Å². The van der Waals surface area contributed by atoms with E-state index < -0.39 is 0 Å². The van der Waals surface area contributed by atoms with Crippen molar-refractivity contribution in [2.75, 3.05) is 33.4 Å². The van der Waals surface area contributed by atoms with Crippen molar-refractivity contribution < 1.29 is 9.28 Å².